The summed E-state index contributed by atoms with van der Waals surface area (Å²) < 4.78 is 25.1. The van der Waals surface area contributed by atoms with Crippen LogP contribution in [-0.2, 0) is 10.0 Å². The van der Waals surface area contributed by atoms with Gasteiger partial charge in [-0.1, -0.05) is 13.3 Å². The van der Waals surface area contributed by atoms with E-state index in [1.165, 1.54) is 4.31 Å². The smallest absolute Gasteiger partial charge is 0.212 e. The average Bonchev–Trinajstić information content (AvgIpc) is 2.26. The number of rotatable bonds is 4. The molecule has 0 spiro atoms. The monoisotopic (exact) mass is 230 g/mol. The molecular formula is C10H18N2O2S. The fraction of sp³-hybridized carbons (Fsp3) is 0.900. The van der Waals surface area contributed by atoms with Crippen LogP contribution in [0.25, 0.3) is 0 Å². The molecule has 0 unspecified atom stereocenters. The third-order valence-electron chi connectivity index (χ3n) is 2.79. The minimum atomic E-state index is -3.05. The zero-order valence-corrected chi connectivity index (χ0v) is 9.96. The van der Waals surface area contributed by atoms with E-state index in [1.807, 2.05) is 6.92 Å². The van der Waals surface area contributed by atoms with Gasteiger partial charge in [-0.25, -0.2) is 12.7 Å². The quantitative estimate of drug-likeness (QED) is 0.732. The normalized spacial score (nSPS) is 20.0. The Labute approximate surface area is 91.9 Å². The Kier molecular flexibility index (Phi) is 4.55. The van der Waals surface area contributed by atoms with Crippen molar-refractivity contribution in [3.05, 3.63) is 0 Å². The second-order valence-corrected chi connectivity index (χ2v) is 6.06. The van der Waals surface area contributed by atoms with E-state index in [-0.39, 0.29) is 11.7 Å². The lowest BCUT2D eigenvalue weighted by molar-refractivity contribution is 0.309. The van der Waals surface area contributed by atoms with Gasteiger partial charge in [0.05, 0.1) is 11.8 Å². The number of nitriles is 1. The van der Waals surface area contributed by atoms with E-state index in [1.54, 1.807) is 0 Å². The van der Waals surface area contributed by atoms with Crippen LogP contribution in [0.4, 0.5) is 0 Å². The van der Waals surface area contributed by atoms with Crippen molar-refractivity contribution in [2.24, 2.45) is 5.92 Å². The molecule has 86 valence electrons. The Morgan fingerprint density at radius 2 is 2.00 bits per heavy atom. The topological polar surface area (TPSA) is 61.2 Å². The van der Waals surface area contributed by atoms with Gasteiger partial charge in [-0.15, -0.1) is 0 Å². The highest BCUT2D eigenvalue weighted by Gasteiger charge is 2.27. The van der Waals surface area contributed by atoms with E-state index in [0.29, 0.717) is 25.9 Å². The number of piperidine rings is 1. The van der Waals surface area contributed by atoms with E-state index in [2.05, 4.69) is 6.07 Å². The highest BCUT2D eigenvalue weighted by molar-refractivity contribution is 7.89. The van der Waals surface area contributed by atoms with Gasteiger partial charge in [0.1, 0.15) is 0 Å². The van der Waals surface area contributed by atoms with Gasteiger partial charge in [-0.3, -0.25) is 0 Å². The third-order valence-corrected chi connectivity index (χ3v) is 4.74. The first-order valence-electron chi connectivity index (χ1n) is 5.47. The molecule has 0 amide bonds. The standard InChI is InChI=1S/C10H18N2O2S/c1-2-3-8-15(13,14)12-6-4-10(9-11)5-7-12/h10H,2-8H2,1H3. The van der Waals surface area contributed by atoms with Crippen molar-refractivity contribution in [1.82, 2.24) is 4.31 Å². The molecule has 1 aliphatic heterocycles. The third kappa shape index (κ3) is 3.47. The molecule has 0 aromatic rings. The zero-order chi connectivity index (χ0) is 11.3. The van der Waals surface area contributed by atoms with Gasteiger partial charge >= 0.3 is 0 Å². The summed E-state index contributed by atoms with van der Waals surface area (Å²) in [6, 6.07) is 2.20. The van der Waals surface area contributed by atoms with Crippen LogP contribution in [0.3, 0.4) is 0 Å². The molecule has 1 fully saturated rings. The van der Waals surface area contributed by atoms with Crippen molar-refractivity contribution in [3.8, 4) is 6.07 Å². The van der Waals surface area contributed by atoms with Crippen molar-refractivity contribution >= 4 is 10.0 Å². The summed E-state index contributed by atoms with van der Waals surface area (Å²) in [5.74, 6) is 0.295. The van der Waals surface area contributed by atoms with Gasteiger partial charge < -0.3 is 0 Å². The SMILES string of the molecule is CCCCS(=O)(=O)N1CCC(C#N)CC1. The summed E-state index contributed by atoms with van der Waals surface area (Å²) in [5.41, 5.74) is 0. The molecule has 5 heteroatoms. The van der Waals surface area contributed by atoms with Crippen LogP contribution in [0.1, 0.15) is 32.6 Å². The van der Waals surface area contributed by atoms with Crippen molar-refractivity contribution < 1.29 is 8.42 Å². The lowest BCUT2D eigenvalue weighted by Crippen LogP contribution is -2.39. The second-order valence-electron chi connectivity index (χ2n) is 3.97. The van der Waals surface area contributed by atoms with Crippen LogP contribution in [-0.4, -0.2) is 31.6 Å². The molecule has 0 aliphatic carbocycles. The van der Waals surface area contributed by atoms with Gasteiger partial charge in [0.25, 0.3) is 0 Å². The minimum absolute atomic E-state index is 0.0441. The van der Waals surface area contributed by atoms with Crippen molar-refractivity contribution in [2.45, 2.75) is 32.6 Å². The summed E-state index contributed by atoms with van der Waals surface area (Å²) in [6.07, 6.45) is 2.98. The largest absolute Gasteiger partial charge is 0.214 e. The molecule has 1 rings (SSSR count). The van der Waals surface area contributed by atoms with Crippen LogP contribution < -0.4 is 0 Å². The van der Waals surface area contributed by atoms with Crippen molar-refractivity contribution in [3.63, 3.8) is 0 Å². The Bertz CT molecular complexity index is 324. The average molecular weight is 230 g/mol. The number of sulfonamides is 1. The molecule has 4 nitrogen and oxygen atoms in total. The lowest BCUT2D eigenvalue weighted by atomic mass is 10.0. The lowest BCUT2D eigenvalue weighted by Gasteiger charge is -2.28. The zero-order valence-electron chi connectivity index (χ0n) is 9.15. The Balaban J connectivity index is 2.49. The van der Waals surface area contributed by atoms with Crippen LogP contribution in [0, 0.1) is 17.2 Å². The van der Waals surface area contributed by atoms with Crippen molar-refractivity contribution in [1.29, 1.82) is 5.26 Å². The fourth-order valence-electron chi connectivity index (χ4n) is 1.72. The highest BCUT2D eigenvalue weighted by Crippen LogP contribution is 2.19. The van der Waals surface area contributed by atoms with Gasteiger partial charge in [0, 0.05) is 19.0 Å². The highest BCUT2D eigenvalue weighted by atomic mass is 32.2. The van der Waals surface area contributed by atoms with E-state index in [9.17, 15) is 8.42 Å². The molecule has 0 radical (unpaired) electrons. The van der Waals surface area contributed by atoms with E-state index in [0.717, 1.165) is 12.8 Å². The number of nitrogens with zero attached hydrogens (tertiary/aromatic N) is 2. The molecule has 1 heterocycles. The van der Waals surface area contributed by atoms with Gasteiger partial charge in [0.15, 0.2) is 0 Å². The van der Waals surface area contributed by atoms with E-state index < -0.39 is 10.0 Å². The minimum Gasteiger partial charge on any atom is -0.212 e. The number of hydrogen-bond acceptors (Lipinski definition) is 3. The number of hydrogen-bond donors (Lipinski definition) is 0. The van der Waals surface area contributed by atoms with Gasteiger partial charge in [-0.2, -0.15) is 5.26 Å². The molecule has 0 saturated carbocycles. The molecule has 0 N–H and O–H groups in total. The summed E-state index contributed by atoms with van der Waals surface area (Å²) in [5, 5.41) is 8.70. The molecule has 0 atom stereocenters. The molecule has 0 aromatic carbocycles. The Morgan fingerprint density at radius 3 is 2.47 bits per heavy atom. The first-order chi connectivity index (χ1) is 7.10. The van der Waals surface area contributed by atoms with Crippen LogP contribution in [0.5, 0.6) is 0 Å². The number of unbranched alkanes of at least 4 members (excludes halogenated alkanes) is 1. The maximum absolute atomic E-state index is 11.8. The van der Waals surface area contributed by atoms with Gasteiger partial charge in [0.2, 0.25) is 10.0 Å². The van der Waals surface area contributed by atoms with Crippen molar-refractivity contribution in [2.75, 3.05) is 18.8 Å². The first kappa shape index (κ1) is 12.5. The summed E-state index contributed by atoms with van der Waals surface area (Å²) in [4.78, 5) is 0. The second kappa shape index (κ2) is 5.47. The van der Waals surface area contributed by atoms with E-state index >= 15 is 0 Å². The molecular weight excluding hydrogens is 212 g/mol. The molecule has 0 bridgehead atoms. The first-order valence-corrected chi connectivity index (χ1v) is 7.08. The summed E-state index contributed by atoms with van der Waals surface area (Å²) in [7, 11) is -3.05. The maximum Gasteiger partial charge on any atom is 0.214 e. The predicted octanol–water partition coefficient (Wildman–Crippen LogP) is 1.35. The Morgan fingerprint density at radius 1 is 1.40 bits per heavy atom. The van der Waals surface area contributed by atoms with Gasteiger partial charge in [-0.05, 0) is 19.3 Å². The molecule has 1 saturated heterocycles. The van der Waals surface area contributed by atoms with Crippen LogP contribution in [0.2, 0.25) is 0 Å². The van der Waals surface area contributed by atoms with Crippen LogP contribution in [0.15, 0.2) is 0 Å². The van der Waals surface area contributed by atoms with E-state index in [4.69, 9.17) is 5.26 Å². The molecule has 15 heavy (non-hydrogen) atoms. The van der Waals surface area contributed by atoms with Crippen LogP contribution >= 0.6 is 0 Å². The molecule has 0 aromatic heterocycles. The molecule has 1 aliphatic rings. The summed E-state index contributed by atoms with van der Waals surface area (Å²) in [6.45, 7) is 3.02. The predicted molar refractivity (Wildman–Crippen MR) is 58.6 cm³/mol. The maximum atomic E-state index is 11.8. The Hall–Kier alpha value is -0.600. The summed E-state index contributed by atoms with van der Waals surface area (Å²) >= 11 is 0. The fourth-order valence-corrected chi connectivity index (χ4v) is 3.40.